The molecule has 0 N–H and O–H groups in total. The van der Waals surface area contributed by atoms with Crippen LogP contribution in [0.15, 0.2) is 54.6 Å². The van der Waals surface area contributed by atoms with Crippen molar-refractivity contribution in [3.8, 4) is 0 Å². The molecule has 5 heteroatoms. The third kappa shape index (κ3) is 4.18. The van der Waals surface area contributed by atoms with Crippen LogP contribution in [0.4, 0.5) is 0 Å². The Labute approximate surface area is 170 Å². The van der Waals surface area contributed by atoms with Gasteiger partial charge in [0.1, 0.15) is 0 Å². The summed E-state index contributed by atoms with van der Waals surface area (Å²) in [6.07, 6.45) is 0.977. The minimum atomic E-state index is 0.0634. The third-order valence-corrected chi connectivity index (χ3v) is 5.56. The van der Waals surface area contributed by atoms with Crippen LogP contribution in [0.3, 0.4) is 0 Å². The van der Waals surface area contributed by atoms with Gasteiger partial charge >= 0.3 is 0 Å². The number of fused-ring (bicyclic) bond motifs is 1. The van der Waals surface area contributed by atoms with E-state index in [1.54, 1.807) is 0 Å². The summed E-state index contributed by atoms with van der Waals surface area (Å²) in [5.41, 5.74) is 3.62. The number of aryl methyl sites for hydroxylation is 1. The first-order chi connectivity index (χ1) is 13.6. The van der Waals surface area contributed by atoms with Crippen molar-refractivity contribution in [1.82, 2.24) is 14.8 Å². The van der Waals surface area contributed by atoms with Gasteiger partial charge in [-0.2, -0.15) is 0 Å². The molecule has 0 atom stereocenters. The number of rotatable bonds is 3. The maximum absolute atomic E-state index is 13.2. The first-order valence-corrected chi connectivity index (χ1v) is 10.1. The number of hydrogen-bond acceptors (Lipinski definition) is 3. The van der Waals surface area contributed by atoms with Gasteiger partial charge in [0.05, 0.1) is 16.8 Å². The fourth-order valence-corrected chi connectivity index (χ4v) is 3.98. The minimum Gasteiger partial charge on any atom is -0.337 e. The van der Waals surface area contributed by atoms with Crippen molar-refractivity contribution >= 4 is 28.4 Å². The molecule has 1 amide bonds. The molecule has 1 fully saturated rings. The smallest absolute Gasteiger partial charge is 0.255 e. The molecular weight excluding hydrogens is 370 g/mol. The number of nitrogens with zero attached hydrogens (tertiary/aromatic N) is 3. The van der Waals surface area contributed by atoms with E-state index in [4.69, 9.17) is 11.6 Å². The molecule has 4 rings (SSSR count). The molecule has 28 heavy (non-hydrogen) atoms. The zero-order valence-electron chi connectivity index (χ0n) is 16.1. The van der Waals surface area contributed by atoms with E-state index in [9.17, 15) is 4.79 Å². The second-order valence-electron chi connectivity index (χ2n) is 7.37. The van der Waals surface area contributed by atoms with E-state index >= 15 is 0 Å². The number of hydrogen-bond donors (Lipinski definition) is 0. The maximum Gasteiger partial charge on any atom is 0.255 e. The van der Waals surface area contributed by atoms with Crippen LogP contribution >= 0.6 is 11.6 Å². The zero-order chi connectivity index (χ0) is 19.5. The molecular formula is C23H24ClN3O. The molecule has 3 aromatic rings. The normalized spacial score (nSPS) is 15.6. The van der Waals surface area contributed by atoms with Crippen LogP contribution < -0.4 is 0 Å². The van der Waals surface area contributed by atoms with Crippen molar-refractivity contribution in [3.05, 3.63) is 76.4 Å². The van der Waals surface area contributed by atoms with Crippen molar-refractivity contribution in [2.75, 3.05) is 26.2 Å². The minimum absolute atomic E-state index is 0.0634. The zero-order valence-corrected chi connectivity index (χ0v) is 16.8. The Hall–Kier alpha value is -2.43. The van der Waals surface area contributed by atoms with Gasteiger partial charge < -0.3 is 4.90 Å². The Kier molecular flexibility index (Phi) is 5.60. The summed E-state index contributed by atoms with van der Waals surface area (Å²) in [7, 11) is 0. The predicted octanol–water partition coefficient (Wildman–Crippen LogP) is 4.54. The highest BCUT2D eigenvalue weighted by molar-refractivity contribution is 6.31. The van der Waals surface area contributed by atoms with E-state index in [0.29, 0.717) is 10.6 Å². The quantitative estimate of drug-likeness (QED) is 0.655. The third-order valence-electron chi connectivity index (χ3n) is 5.32. The molecule has 0 aliphatic carbocycles. The van der Waals surface area contributed by atoms with Gasteiger partial charge in [-0.25, -0.2) is 0 Å². The first kappa shape index (κ1) is 18.9. The number of benzene rings is 2. The monoisotopic (exact) mass is 393 g/mol. The number of halogens is 1. The number of carbonyl (C=O) groups excluding carboxylic acids is 1. The number of carbonyl (C=O) groups is 1. The van der Waals surface area contributed by atoms with Crippen molar-refractivity contribution in [1.29, 1.82) is 0 Å². The lowest BCUT2D eigenvalue weighted by molar-refractivity contribution is 0.0760. The van der Waals surface area contributed by atoms with Crippen LogP contribution in [0, 0.1) is 6.92 Å². The fourth-order valence-electron chi connectivity index (χ4n) is 3.80. The average molecular weight is 394 g/mol. The number of aromatic nitrogens is 1. The van der Waals surface area contributed by atoms with Crippen LogP contribution in [-0.4, -0.2) is 46.9 Å². The number of pyridine rings is 1. The first-order valence-electron chi connectivity index (χ1n) is 9.72. The van der Waals surface area contributed by atoms with Gasteiger partial charge in [0.2, 0.25) is 0 Å². The summed E-state index contributed by atoms with van der Waals surface area (Å²) >= 11 is 6.11. The molecule has 1 aliphatic heterocycles. The Morgan fingerprint density at radius 3 is 2.68 bits per heavy atom. The fraction of sp³-hybridized carbons (Fsp3) is 0.304. The second kappa shape index (κ2) is 8.29. The van der Waals surface area contributed by atoms with Gasteiger partial charge in [0.25, 0.3) is 5.91 Å². The van der Waals surface area contributed by atoms with E-state index in [0.717, 1.165) is 55.7 Å². The highest BCUT2D eigenvalue weighted by atomic mass is 35.5. The molecule has 1 aliphatic rings. The summed E-state index contributed by atoms with van der Waals surface area (Å²) in [4.78, 5) is 22.2. The van der Waals surface area contributed by atoms with E-state index in [1.807, 2.05) is 42.2 Å². The molecule has 0 saturated carbocycles. The van der Waals surface area contributed by atoms with Gasteiger partial charge in [0, 0.05) is 43.1 Å². The van der Waals surface area contributed by atoms with Crippen molar-refractivity contribution in [2.45, 2.75) is 19.9 Å². The van der Waals surface area contributed by atoms with E-state index in [1.165, 1.54) is 5.56 Å². The molecule has 0 radical (unpaired) electrons. The molecule has 1 saturated heterocycles. The highest BCUT2D eigenvalue weighted by Gasteiger charge is 2.22. The molecule has 2 aromatic carbocycles. The predicted molar refractivity (Wildman–Crippen MR) is 114 cm³/mol. The summed E-state index contributed by atoms with van der Waals surface area (Å²) < 4.78 is 0. The number of amides is 1. The van der Waals surface area contributed by atoms with E-state index in [2.05, 4.69) is 34.1 Å². The Morgan fingerprint density at radius 1 is 1.04 bits per heavy atom. The Balaban J connectivity index is 1.49. The van der Waals surface area contributed by atoms with Crippen molar-refractivity contribution in [2.24, 2.45) is 0 Å². The molecule has 1 aromatic heterocycles. The van der Waals surface area contributed by atoms with Gasteiger partial charge in [-0.1, -0.05) is 41.9 Å². The van der Waals surface area contributed by atoms with Gasteiger partial charge in [-0.15, -0.1) is 0 Å². The lowest BCUT2D eigenvalue weighted by Gasteiger charge is -2.23. The molecule has 2 heterocycles. The molecule has 0 unspecified atom stereocenters. The lowest BCUT2D eigenvalue weighted by Crippen LogP contribution is -2.35. The molecule has 0 spiro atoms. The summed E-state index contributed by atoms with van der Waals surface area (Å²) in [6.45, 7) is 6.23. The van der Waals surface area contributed by atoms with E-state index < -0.39 is 0 Å². The maximum atomic E-state index is 13.2. The summed E-state index contributed by atoms with van der Waals surface area (Å²) in [5, 5.41) is 1.56. The van der Waals surface area contributed by atoms with Crippen LogP contribution in [0.1, 0.15) is 28.0 Å². The highest BCUT2D eigenvalue weighted by Crippen LogP contribution is 2.22. The van der Waals surface area contributed by atoms with Crippen LogP contribution in [0.5, 0.6) is 0 Å². The van der Waals surface area contributed by atoms with Crippen molar-refractivity contribution in [3.63, 3.8) is 0 Å². The largest absolute Gasteiger partial charge is 0.337 e. The standard InChI is InChI=1S/C23H24ClN3O/c1-17-21(15-19-14-20(24)8-9-22(19)25-17)23(28)27-11-5-10-26(12-13-27)16-18-6-3-2-4-7-18/h2-4,6-9,14-15H,5,10-13,16H2,1H3. The topological polar surface area (TPSA) is 36.4 Å². The van der Waals surface area contributed by atoms with Crippen LogP contribution in [-0.2, 0) is 6.54 Å². The Morgan fingerprint density at radius 2 is 1.86 bits per heavy atom. The van der Waals surface area contributed by atoms with Crippen LogP contribution in [0.2, 0.25) is 5.02 Å². The summed E-state index contributed by atoms with van der Waals surface area (Å²) in [5.74, 6) is 0.0634. The molecule has 144 valence electrons. The lowest BCUT2D eigenvalue weighted by atomic mass is 10.1. The molecule has 0 bridgehead atoms. The molecule has 4 nitrogen and oxygen atoms in total. The van der Waals surface area contributed by atoms with E-state index in [-0.39, 0.29) is 5.91 Å². The van der Waals surface area contributed by atoms with Crippen molar-refractivity contribution < 1.29 is 4.79 Å². The van der Waals surface area contributed by atoms with Gasteiger partial charge in [-0.05, 0) is 43.2 Å². The Bertz CT molecular complexity index is 990. The van der Waals surface area contributed by atoms with Gasteiger partial charge in [-0.3, -0.25) is 14.7 Å². The second-order valence-corrected chi connectivity index (χ2v) is 7.80. The average Bonchev–Trinajstić information content (AvgIpc) is 2.94. The van der Waals surface area contributed by atoms with Gasteiger partial charge in [0.15, 0.2) is 0 Å². The SMILES string of the molecule is Cc1nc2ccc(Cl)cc2cc1C(=O)N1CCCN(Cc2ccccc2)CC1. The van der Waals surface area contributed by atoms with Crippen LogP contribution in [0.25, 0.3) is 10.9 Å². The summed E-state index contributed by atoms with van der Waals surface area (Å²) in [6, 6.07) is 18.0.